The minimum Gasteiger partial charge on any atom is -0.492 e. The van der Waals surface area contributed by atoms with Gasteiger partial charge < -0.3 is 4.74 Å². The fourth-order valence-electron chi connectivity index (χ4n) is 3.19. The van der Waals surface area contributed by atoms with Crippen LogP contribution < -0.4 is 21.4 Å². The number of non-ortho nitro benzene ring substituents is 1. The Morgan fingerprint density at radius 2 is 2.00 bits per heavy atom. The number of rotatable bonds is 8. The molecule has 0 bridgehead atoms. The topological polar surface area (TPSA) is 149 Å². The number of nitrogens with one attached hydrogen (secondary N) is 2. The average molecular weight is 449 g/mol. The summed E-state index contributed by atoms with van der Waals surface area (Å²) in [5, 5.41) is 15.0. The number of nitro groups is 1. The van der Waals surface area contributed by atoms with Crippen LogP contribution >= 0.6 is 0 Å². The Bertz CT molecular complexity index is 1450. The van der Waals surface area contributed by atoms with E-state index in [0.29, 0.717) is 11.3 Å². The monoisotopic (exact) mass is 449 g/mol. The van der Waals surface area contributed by atoms with Gasteiger partial charge in [-0.05, 0) is 12.1 Å². The van der Waals surface area contributed by atoms with Crippen LogP contribution in [0.1, 0.15) is 5.56 Å². The molecule has 2 heterocycles. The number of hydrogen-bond donors (Lipinski definition) is 2. The molecule has 0 aliphatic carbocycles. The van der Waals surface area contributed by atoms with Crippen molar-refractivity contribution in [3.63, 3.8) is 0 Å². The van der Waals surface area contributed by atoms with E-state index in [2.05, 4.69) is 20.5 Å². The fraction of sp³-hybridized carbons (Fsp3) is 0.143. The highest BCUT2D eigenvalue weighted by atomic mass is 16.6. The number of H-pyrrole nitrogens is 1. The number of benzene rings is 2. The molecule has 0 atom stereocenters. The molecule has 0 unspecified atom stereocenters. The van der Waals surface area contributed by atoms with Gasteiger partial charge in [-0.15, -0.1) is 0 Å². The highest BCUT2D eigenvalue weighted by molar-refractivity contribution is 5.81. The first-order valence-corrected chi connectivity index (χ1v) is 9.85. The number of aryl methyl sites for hydroxylation is 1. The van der Waals surface area contributed by atoms with Crippen molar-refractivity contribution < 1.29 is 9.66 Å². The smallest absolute Gasteiger partial charge is 0.329 e. The molecule has 0 radical (unpaired) electrons. The Labute approximate surface area is 185 Å². The van der Waals surface area contributed by atoms with Gasteiger partial charge in [-0.2, -0.15) is 10.1 Å². The molecule has 33 heavy (non-hydrogen) atoms. The molecule has 0 aliphatic rings. The van der Waals surface area contributed by atoms with Crippen molar-refractivity contribution in [3.8, 4) is 5.75 Å². The Hall–Kier alpha value is -4.74. The normalized spacial score (nSPS) is 11.2. The van der Waals surface area contributed by atoms with Gasteiger partial charge in [-0.1, -0.05) is 30.3 Å². The van der Waals surface area contributed by atoms with Gasteiger partial charge in [0.1, 0.15) is 12.4 Å². The summed E-state index contributed by atoms with van der Waals surface area (Å²) in [6.45, 7) is 0.461. The van der Waals surface area contributed by atoms with Gasteiger partial charge >= 0.3 is 5.69 Å². The van der Waals surface area contributed by atoms with Gasteiger partial charge in [0.15, 0.2) is 11.2 Å². The van der Waals surface area contributed by atoms with Crippen molar-refractivity contribution in [2.75, 3.05) is 12.0 Å². The van der Waals surface area contributed by atoms with Crippen molar-refractivity contribution in [2.24, 2.45) is 12.1 Å². The number of hydrogen-bond acceptors (Lipinski definition) is 8. The maximum absolute atomic E-state index is 12.5. The lowest BCUT2D eigenvalue weighted by molar-refractivity contribution is -0.384. The maximum atomic E-state index is 12.5. The summed E-state index contributed by atoms with van der Waals surface area (Å²) in [5.41, 5.74) is 2.36. The lowest BCUT2D eigenvalue weighted by atomic mass is 10.2. The predicted octanol–water partition coefficient (Wildman–Crippen LogP) is 1.86. The van der Waals surface area contributed by atoms with E-state index in [1.54, 1.807) is 16.7 Å². The second kappa shape index (κ2) is 9.18. The lowest BCUT2D eigenvalue weighted by Crippen LogP contribution is -2.29. The van der Waals surface area contributed by atoms with Crippen molar-refractivity contribution >= 4 is 29.0 Å². The summed E-state index contributed by atoms with van der Waals surface area (Å²) in [6.07, 6.45) is 1.39. The summed E-state index contributed by atoms with van der Waals surface area (Å²) in [5.74, 6) is 0.872. The van der Waals surface area contributed by atoms with Crippen molar-refractivity contribution in [3.05, 3.63) is 91.1 Å². The summed E-state index contributed by atoms with van der Waals surface area (Å²) >= 11 is 0. The van der Waals surface area contributed by atoms with Crippen LogP contribution in [0.25, 0.3) is 11.2 Å². The van der Waals surface area contributed by atoms with Crippen LogP contribution in [0.15, 0.2) is 69.3 Å². The molecule has 12 heteroatoms. The number of aromatic amines is 1. The van der Waals surface area contributed by atoms with E-state index >= 15 is 0 Å². The van der Waals surface area contributed by atoms with Gasteiger partial charge in [-0.3, -0.25) is 29.0 Å². The standard InChI is InChI=1S/C21H19N7O5/c1-26-18-17(19(29)24-21(26)30)27(10-11-33-16-8-3-2-4-9-16)20(23-18)25-22-13-14-6-5-7-15(12-14)28(31)32/h2-9,12-13H,10-11H2,1H3,(H,23,25)(H,24,29,30)/b22-13+. The zero-order valence-electron chi connectivity index (χ0n) is 17.5. The molecule has 0 amide bonds. The third kappa shape index (κ3) is 4.63. The van der Waals surface area contributed by atoms with Gasteiger partial charge in [0.25, 0.3) is 11.2 Å². The molecule has 168 valence electrons. The van der Waals surface area contributed by atoms with Crippen LogP contribution in [0.5, 0.6) is 5.75 Å². The molecule has 2 aromatic carbocycles. The summed E-state index contributed by atoms with van der Waals surface area (Å²) in [6, 6.07) is 15.1. The molecule has 12 nitrogen and oxygen atoms in total. The quantitative estimate of drug-likeness (QED) is 0.237. The number of hydrazone groups is 1. The SMILES string of the molecule is Cn1c(=O)[nH]c(=O)c2c1nc(N/N=C/c1cccc([N+](=O)[O-])c1)n2CCOc1ccccc1. The number of anilines is 1. The Kier molecular flexibility index (Phi) is 5.98. The van der Waals surface area contributed by atoms with E-state index in [9.17, 15) is 19.7 Å². The molecule has 2 aromatic heterocycles. The predicted molar refractivity (Wildman–Crippen MR) is 122 cm³/mol. The van der Waals surface area contributed by atoms with Crippen LogP contribution in [-0.4, -0.2) is 36.8 Å². The minimum atomic E-state index is -0.593. The number of ether oxygens (including phenoxy) is 1. The van der Waals surface area contributed by atoms with Crippen LogP contribution in [0.4, 0.5) is 11.6 Å². The second-order valence-electron chi connectivity index (χ2n) is 6.96. The maximum Gasteiger partial charge on any atom is 0.329 e. The minimum absolute atomic E-state index is 0.0641. The molecule has 0 saturated heterocycles. The molecule has 4 rings (SSSR count). The van der Waals surface area contributed by atoms with Gasteiger partial charge in [0.05, 0.1) is 17.7 Å². The highest BCUT2D eigenvalue weighted by Crippen LogP contribution is 2.17. The number of aromatic nitrogens is 4. The number of imidazole rings is 1. The zero-order chi connectivity index (χ0) is 23.4. The van der Waals surface area contributed by atoms with Crippen molar-refractivity contribution in [1.29, 1.82) is 0 Å². The first kappa shape index (κ1) is 21.5. The molecular formula is C21H19N7O5. The molecule has 0 saturated carbocycles. The average Bonchev–Trinajstić information content (AvgIpc) is 3.17. The van der Waals surface area contributed by atoms with E-state index in [1.807, 2.05) is 30.3 Å². The van der Waals surface area contributed by atoms with Crippen LogP contribution in [0, 0.1) is 10.1 Å². The lowest BCUT2D eigenvalue weighted by Gasteiger charge is -2.10. The van der Waals surface area contributed by atoms with Crippen LogP contribution in [0.3, 0.4) is 0 Å². The van der Waals surface area contributed by atoms with E-state index in [-0.39, 0.29) is 36.0 Å². The Balaban J connectivity index is 1.64. The summed E-state index contributed by atoms with van der Waals surface area (Å²) < 4.78 is 8.51. The zero-order valence-corrected chi connectivity index (χ0v) is 17.5. The Morgan fingerprint density at radius 3 is 2.76 bits per heavy atom. The largest absolute Gasteiger partial charge is 0.492 e. The van der Waals surface area contributed by atoms with Gasteiger partial charge in [0, 0.05) is 24.7 Å². The first-order valence-electron chi connectivity index (χ1n) is 9.85. The van der Waals surface area contributed by atoms with E-state index in [0.717, 1.165) is 0 Å². The Morgan fingerprint density at radius 1 is 1.21 bits per heavy atom. The summed E-state index contributed by atoms with van der Waals surface area (Å²) in [4.78, 5) is 41.6. The number of fused-ring (bicyclic) bond motifs is 1. The van der Waals surface area contributed by atoms with Crippen molar-refractivity contribution in [2.45, 2.75) is 6.54 Å². The number of para-hydroxylation sites is 1. The highest BCUT2D eigenvalue weighted by Gasteiger charge is 2.17. The summed E-state index contributed by atoms with van der Waals surface area (Å²) in [7, 11) is 1.49. The van der Waals surface area contributed by atoms with Crippen LogP contribution in [-0.2, 0) is 13.6 Å². The number of nitrogens with zero attached hydrogens (tertiary/aromatic N) is 5. The third-order valence-corrected chi connectivity index (χ3v) is 4.79. The fourth-order valence-corrected chi connectivity index (χ4v) is 3.19. The van der Waals surface area contributed by atoms with E-state index in [4.69, 9.17) is 4.74 Å². The number of nitro benzene ring substituents is 1. The third-order valence-electron chi connectivity index (χ3n) is 4.79. The molecule has 4 aromatic rings. The van der Waals surface area contributed by atoms with Crippen LogP contribution in [0.2, 0.25) is 0 Å². The van der Waals surface area contributed by atoms with Crippen molar-refractivity contribution in [1.82, 2.24) is 19.1 Å². The molecule has 2 N–H and O–H groups in total. The van der Waals surface area contributed by atoms with Gasteiger partial charge in [-0.25, -0.2) is 10.2 Å². The van der Waals surface area contributed by atoms with E-state index < -0.39 is 16.2 Å². The molecule has 0 aliphatic heterocycles. The van der Waals surface area contributed by atoms with Gasteiger partial charge in [0.2, 0.25) is 5.95 Å². The molecule has 0 fully saturated rings. The second-order valence-corrected chi connectivity index (χ2v) is 6.96. The molecule has 0 spiro atoms. The first-order chi connectivity index (χ1) is 15.9. The van der Waals surface area contributed by atoms with E-state index in [1.165, 1.54) is 30.0 Å². The molecular weight excluding hydrogens is 430 g/mol.